The fourth-order valence-electron chi connectivity index (χ4n) is 1.41. The van der Waals surface area contributed by atoms with Crippen molar-refractivity contribution in [2.45, 2.75) is 32.4 Å². The van der Waals surface area contributed by atoms with Gasteiger partial charge in [0.2, 0.25) is 0 Å². The molecule has 1 fully saturated rings. The molecule has 6 heteroatoms. The number of hydrogen-bond donors (Lipinski definition) is 1. The molecule has 1 aliphatic rings. The van der Waals surface area contributed by atoms with E-state index < -0.39 is 0 Å². The number of aryl methyl sites for hydroxylation is 1. The van der Waals surface area contributed by atoms with E-state index in [9.17, 15) is 0 Å². The molecule has 0 aliphatic heterocycles. The number of nitrogens with zero attached hydrogens (tertiary/aromatic N) is 3. The number of rotatable bonds is 4. The summed E-state index contributed by atoms with van der Waals surface area (Å²) in [7, 11) is 0. The molecule has 1 aliphatic carbocycles. The van der Waals surface area contributed by atoms with E-state index in [4.69, 9.17) is 0 Å². The highest BCUT2D eigenvalue weighted by Crippen LogP contribution is 2.25. The third-order valence-corrected chi connectivity index (χ3v) is 4.14. The van der Waals surface area contributed by atoms with Gasteiger partial charge in [-0.25, -0.2) is 4.98 Å². The van der Waals surface area contributed by atoms with E-state index in [1.54, 1.807) is 22.7 Å². The summed E-state index contributed by atoms with van der Waals surface area (Å²) in [6, 6.07) is 0.717. The molecule has 2 aromatic heterocycles. The SMILES string of the molecule is Cc1nc(-c2nnc(CNC3CC3)s2)cs1. The van der Waals surface area contributed by atoms with E-state index in [-0.39, 0.29) is 0 Å². The molecule has 2 aromatic rings. The first-order valence-corrected chi connectivity index (χ1v) is 6.99. The summed E-state index contributed by atoms with van der Waals surface area (Å²) in [5.41, 5.74) is 0.956. The molecule has 3 rings (SSSR count). The van der Waals surface area contributed by atoms with Crippen LogP contribution >= 0.6 is 22.7 Å². The molecule has 84 valence electrons. The summed E-state index contributed by atoms with van der Waals surface area (Å²) in [5, 5.41) is 16.9. The maximum Gasteiger partial charge on any atom is 0.167 e. The van der Waals surface area contributed by atoms with Crippen LogP contribution in [0.1, 0.15) is 22.9 Å². The predicted octanol–water partition coefficient (Wildman–Crippen LogP) is 2.22. The molecular formula is C10H12N4S2. The minimum absolute atomic E-state index is 0.717. The lowest BCUT2D eigenvalue weighted by Gasteiger charge is -1.95. The highest BCUT2D eigenvalue weighted by atomic mass is 32.1. The van der Waals surface area contributed by atoms with Crippen molar-refractivity contribution in [3.63, 3.8) is 0 Å². The third-order valence-electron chi connectivity index (χ3n) is 2.42. The van der Waals surface area contributed by atoms with E-state index >= 15 is 0 Å². The Morgan fingerprint density at radius 2 is 2.31 bits per heavy atom. The average molecular weight is 252 g/mol. The molecule has 0 aromatic carbocycles. The molecule has 0 radical (unpaired) electrons. The van der Waals surface area contributed by atoms with Crippen LogP contribution in [0, 0.1) is 6.92 Å². The van der Waals surface area contributed by atoms with E-state index in [1.807, 2.05) is 12.3 Å². The lowest BCUT2D eigenvalue weighted by atomic mass is 10.5. The van der Waals surface area contributed by atoms with Gasteiger partial charge in [0.1, 0.15) is 10.7 Å². The summed E-state index contributed by atoms with van der Waals surface area (Å²) in [6.07, 6.45) is 2.61. The highest BCUT2D eigenvalue weighted by molar-refractivity contribution is 7.15. The Bertz CT molecular complexity index is 486. The monoisotopic (exact) mass is 252 g/mol. The Kier molecular flexibility index (Phi) is 2.70. The Morgan fingerprint density at radius 1 is 1.44 bits per heavy atom. The topological polar surface area (TPSA) is 50.7 Å². The summed E-state index contributed by atoms with van der Waals surface area (Å²) >= 11 is 3.28. The molecular weight excluding hydrogens is 240 g/mol. The number of hydrogen-bond acceptors (Lipinski definition) is 6. The molecule has 16 heavy (non-hydrogen) atoms. The fourth-order valence-corrected chi connectivity index (χ4v) is 2.83. The number of aromatic nitrogens is 3. The first kappa shape index (κ1) is 10.3. The largest absolute Gasteiger partial charge is 0.308 e. The van der Waals surface area contributed by atoms with Crippen molar-refractivity contribution in [1.82, 2.24) is 20.5 Å². The lowest BCUT2D eigenvalue weighted by Crippen LogP contribution is -2.14. The second kappa shape index (κ2) is 4.20. The zero-order valence-electron chi connectivity index (χ0n) is 8.93. The lowest BCUT2D eigenvalue weighted by molar-refractivity contribution is 0.679. The normalized spacial score (nSPS) is 15.6. The molecule has 0 amide bonds. The third kappa shape index (κ3) is 2.28. The van der Waals surface area contributed by atoms with Gasteiger partial charge in [-0.2, -0.15) is 0 Å². The molecule has 0 bridgehead atoms. The minimum Gasteiger partial charge on any atom is -0.308 e. The molecule has 2 heterocycles. The standard InChI is InChI=1S/C10H12N4S2/c1-6-12-8(5-15-6)10-14-13-9(16-10)4-11-7-2-3-7/h5,7,11H,2-4H2,1H3. The number of thiazole rings is 1. The maximum absolute atomic E-state index is 4.41. The first-order valence-electron chi connectivity index (χ1n) is 5.29. The van der Waals surface area contributed by atoms with Crippen LogP contribution in [0.3, 0.4) is 0 Å². The Morgan fingerprint density at radius 3 is 3.00 bits per heavy atom. The van der Waals surface area contributed by atoms with E-state index in [0.717, 1.165) is 27.3 Å². The molecule has 0 unspecified atom stereocenters. The van der Waals surface area contributed by atoms with Crippen LogP contribution in [0.5, 0.6) is 0 Å². The van der Waals surface area contributed by atoms with Crippen LogP contribution < -0.4 is 5.32 Å². The van der Waals surface area contributed by atoms with Crippen LogP contribution in [0.25, 0.3) is 10.7 Å². The fraction of sp³-hybridized carbons (Fsp3) is 0.500. The second-order valence-corrected chi connectivity index (χ2v) is 6.03. The Labute approximate surface area is 102 Å². The van der Waals surface area contributed by atoms with Crippen LogP contribution in [0.15, 0.2) is 5.38 Å². The quantitative estimate of drug-likeness (QED) is 0.906. The van der Waals surface area contributed by atoms with Gasteiger partial charge in [0.05, 0.1) is 5.01 Å². The summed E-state index contributed by atoms with van der Waals surface area (Å²) in [4.78, 5) is 4.41. The van der Waals surface area contributed by atoms with E-state index in [2.05, 4.69) is 20.5 Å². The molecule has 0 spiro atoms. The zero-order chi connectivity index (χ0) is 11.0. The van der Waals surface area contributed by atoms with Crippen molar-refractivity contribution in [1.29, 1.82) is 0 Å². The predicted molar refractivity (Wildman–Crippen MR) is 65.6 cm³/mol. The summed E-state index contributed by atoms with van der Waals surface area (Å²) in [6.45, 7) is 2.84. The van der Waals surface area contributed by atoms with Gasteiger partial charge in [0, 0.05) is 18.0 Å². The highest BCUT2D eigenvalue weighted by Gasteiger charge is 2.20. The smallest absolute Gasteiger partial charge is 0.167 e. The number of nitrogens with one attached hydrogen (secondary N) is 1. The van der Waals surface area contributed by atoms with Crippen LogP contribution in [0.2, 0.25) is 0 Å². The van der Waals surface area contributed by atoms with Gasteiger partial charge in [-0.15, -0.1) is 21.5 Å². The second-order valence-electron chi connectivity index (χ2n) is 3.91. The van der Waals surface area contributed by atoms with E-state index in [1.165, 1.54) is 12.8 Å². The molecule has 4 nitrogen and oxygen atoms in total. The molecule has 0 saturated heterocycles. The van der Waals surface area contributed by atoms with Gasteiger partial charge in [0.15, 0.2) is 5.01 Å². The molecule has 1 N–H and O–H groups in total. The van der Waals surface area contributed by atoms with E-state index in [0.29, 0.717) is 6.04 Å². The molecule has 1 saturated carbocycles. The zero-order valence-corrected chi connectivity index (χ0v) is 10.6. The minimum atomic E-state index is 0.717. The Balaban J connectivity index is 1.71. The average Bonchev–Trinajstić information content (AvgIpc) is 2.81. The summed E-state index contributed by atoms with van der Waals surface area (Å²) in [5.74, 6) is 0. The van der Waals surface area contributed by atoms with Gasteiger partial charge in [0.25, 0.3) is 0 Å². The van der Waals surface area contributed by atoms with Gasteiger partial charge < -0.3 is 5.32 Å². The van der Waals surface area contributed by atoms with Gasteiger partial charge in [-0.3, -0.25) is 0 Å². The van der Waals surface area contributed by atoms with Crippen molar-refractivity contribution in [3.8, 4) is 10.7 Å². The van der Waals surface area contributed by atoms with Crippen LogP contribution in [0.4, 0.5) is 0 Å². The van der Waals surface area contributed by atoms with Crippen molar-refractivity contribution in [3.05, 3.63) is 15.4 Å². The first-order chi connectivity index (χ1) is 7.81. The maximum atomic E-state index is 4.41. The van der Waals surface area contributed by atoms with Gasteiger partial charge >= 0.3 is 0 Å². The van der Waals surface area contributed by atoms with Crippen molar-refractivity contribution in [2.24, 2.45) is 0 Å². The summed E-state index contributed by atoms with van der Waals surface area (Å²) < 4.78 is 0. The van der Waals surface area contributed by atoms with Crippen molar-refractivity contribution in [2.75, 3.05) is 0 Å². The van der Waals surface area contributed by atoms with Crippen molar-refractivity contribution >= 4 is 22.7 Å². The molecule has 0 atom stereocenters. The van der Waals surface area contributed by atoms with Crippen LogP contribution in [-0.4, -0.2) is 21.2 Å². The van der Waals surface area contributed by atoms with Crippen molar-refractivity contribution < 1.29 is 0 Å². The van der Waals surface area contributed by atoms with Gasteiger partial charge in [-0.05, 0) is 19.8 Å². The van der Waals surface area contributed by atoms with Crippen LogP contribution in [-0.2, 0) is 6.54 Å². The Hall–Kier alpha value is -0.850. The van der Waals surface area contributed by atoms with Gasteiger partial charge in [-0.1, -0.05) is 11.3 Å².